The van der Waals surface area contributed by atoms with Gasteiger partial charge in [0.2, 0.25) is 0 Å². The Morgan fingerprint density at radius 3 is 3.18 bits per heavy atom. The third-order valence-electron chi connectivity index (χ3n) is 2.42. The maximum absolute atomic E-state index is 7.60. The number of hydrogen-bond acceptors (Lipinski definition) is 2. The lowest BCUT2D eigenvalue weighted by Crippen LogP contribution is -2.28. The van der Waals surface area contributed by atoms with Crippen molar-refractivity contribution in [1.82, 2.24) is 5.32 Å². The van der Waals surface area contributed by atoms with Gasteiger partial charge in [0.1, 0.15) is 0 Å². The summed E-state index contributed by atoms with van der Waals surface area (Å²) >= 11 is 0. The van der Waals surface area contributed by atoms with Crippen LogP contribution in [0.15, 0.2) is 0 Å². The van der Waals surface area contributed by atoms with Crippen molar-refractivity contribution in [3.63, 3.8) is 0 Å². The van der Waals surface area contributed by atoms with Gasteiger partial charge < -0.3 is 10.7 Å². The lowest BCUT2D eigenvalue weighted by atomic mass is 9.93. The van der Waals surface area contributed by atoms with Gasteiger partial charge in [0.25, 0.3) is 0 Å². The van der Waals surface area contributed by atoms with Gasteiger partial charge in [-0.25, -0.2) is 0 Å². The molecule has 1 rings (SSSR count). The van der Waals surface area contributed by atoms with Crippen LogP contribution in [0.2, 0.25) is 0 Å². The molecular formula is C9H18N2. The van der Waals surface area contributed by atoms with Crippen molar-refractivity contribution in [3.8, 4) is 0 Å². The van der Waals surface area contributed by atoms with Crippen LogP contribution in [0.5, 0.6) is 0 Å². The second kappa shape index (κ2) is 4.50. The summed E-state index contributed by atoms with van der Waals surface area (Å²) in [5.74, 6) is 0.782. The molecule has 2 nitrogen and oxygen atoms in total. The monoisotopic (exact) mass is 154 g/mol. The molecule has 64 valence electrons. The van der Waals surface area contributed by atoms with Crippen molar-refractivity contribution in [2.45, 2.75) is 32.6 Å². The van der Waals surface area contributed by atoms with Gasteiger partial charge in [-0.15, -0.1) is 0 Å². The summed E-state index contributed by atoms with van der Waals surface area (Å²) in [5.41, 5.74) is 0.886. The molecule has 1 aliphatic heterocycles. The highest BCUT2D eigenvalue weighted by Gasteiger charge is 2.11. The summed E-state index contributed by atoms with van der Waals surface area (Å²) in [7, 11) is 0. The summed E-state index contributed by atoms with van der Waals surface area (Å²) in [6, 6.07) is 0. The zero-order valence-corrected chi connectivity index (χ0v) is 7.32. The molecule has 0 aromatic heterocycles. The molecular weight excluding hydrogens is 136 g/mol. The zero-order valence-electron chi connectivity index (χ0n) is 7.32. The quantitative estimate of drug-likeness (QED) is 0.593. The Labute approximate surface area is 68.9 Å². The molecule has 0 aromatic carbocycles. The molecule has 0 saturated carbocycles. The summed E-state index contributed by atoms with van der Waals surface area (Å²) in [5, 5.41) is 10.9. The van der Waals surface area contributed by atoms with Crippen molar-refractivity contribution < 1.29 is 0 Å². The lowest BCUT2D eigenvalue weighted by molar-refractivity contribution is 0.447. The van der Waals surface area contributed by atoms with E-state index in [2.05, 4.69) is 12.2 Å². The molecule has 11 heavy (non-hydrogen) atoms. The Kier molecular flexibility index (Phi) is 3.57. The van der Waals surface area contributed by atoms with Gasteiger partial charge in [-0.05, 0) is 31.7 Å². The first-order valence-electron chi connectivity index (χ1n) is 4.60. The molecule has 0 radical (unpaired) electrons. The Balaban J connectivity index is 2.35. The van der Waals surface area contributed by atoms with Gasteiger partial charge in [0.15, 0.2) is 0 Å². The average Bonchev–Trinajstić information content (AvgIpc) is 1.96. The minimum Gasteiger partial charge on any atom is -0.311 e. The third kappa shape index (κ3) is 3.02. The molecule has 1 unspecified atom stereocenters. The Morgan fingerprint density at radius 1 is 1.64 bits per heavy atom. The summed E-state index contributed by atoms with van der Waals surface area (Å²) in [6.07, 6.45) is 4.84. The minimum atomic E-state index is 0.782. The maximum Gasteiger partial charge on any atom is 0.0332 e. The largest absolute Gasteiger partial charge is 0.311 e. The Hall–Kier alpha value is -0.370. The van der Waals surface area contributed by atoms with Crippen LogP contribution in [0.25, 0.3) is 0 Å². The van der Waals surface area contributed by atoms with E-state index >= 15 is 0 Å². The fraction of sp³-hybridized carbons (Fsp3) is 0.889. The van der Waals surface area contributed by atoms with Gasteiger partial charge in [-0.1, -0.05) is 13.3 Å². The molecule has 0 spiro atoms. The van der Waals surface area contributed by atoms with E-state index in [1.54, 1.807) is 0 Å². The van der Waals surface area contributed by atoms with E-state index in [1.807, 2.05) is 0 Å². The topological polar surface area (TPSA) is 35.9 Å². The summed E-state index contributed by atoms with van der Waals surface area (Å²) < 4.78 is 0. The molecule has 1 atom stereocenters. The smallest absolute Gasteiger partial charge is 0.0332 e. The first-order chi connectivity index (χ1) is 5.33. The Morgan fingerprint density at radius 2 is 2.45 bits per heavy atom. The highest BCUT2D eigenvalue weighted by Crippen LogP contribution is 2.16. The van der Waals surface area contributed by atoms with Crippen molar-refractivity contribution in [2.24, 2.45) is 5.92 Å². The molecule has 0 aliphatic carbocycles. The van der Waals surface area contributed by atoms with Crippen LogP contribution in [0.4, 0.5) is 0 Å². The molecule has 0 bridgehead atoms. The van der Waals surface area contributed by atoms with Gasteiger partial charge in [0, 0.05) is 12.3 Å². The standard InChI is InChI=1S/C9H18N2/c1-2-8-4-3-5-11-7-9(10)6-8/h8,10-11H,2-7H2,1H3. The van der Waals surface area contributed by atoms with E-state index in [4.69, 9.17) is 5.41 Å². The lowest BCUT2D eigenvalue weighted by Gasteiger charge is -2.19. The molecule has 1 saturated heterocycles. The molecule has 0 aromatic rings. The second-order valence-corrected chi connectivity index (χ2v) is 3.40. The zero-order chi connectivity index (χ0) is 8.10. The van der Waals surface area contributed by atoms with E-state index in [-0.39, 0.29) is 0 Å². The van der Waals surface area contributed by atoms with Gasteiger partial charge >= 0.3 is 0 Å². The van der Waals surface area contributed by atoms with Crippen LogP contribution in [-0.2, 0) is 0 Å². The van der Waals surface area contributed by atoms with Gasteiger partial charge in [-0.3, -0.25) is 0 Å². The van der Waals surface area contributed by atoms with Crippen LogP contribution in [-0.4, -0.2) is 18.8 Å². The number of hydrogen-bond donors (Lipinski definition) is 2. The SMILES string of the molecule is CCC1CCCNCC(=N)C1. The van der Waals surface area contributed by atoms with E-state index in [0.717, 1.165) is 31.1 Å². The molecule has 1 heterocycles. The highest BCUT2D eigenvalue weighted by molar-refractivity contribution is 5.83. The highest BCUT2D eigenvalue weighted by atomic mass is 14.9. The summed E-state index contributed by atoms with van der Waals surface area (Å²) in [4.78, 5) is 0. The molecule has 1 fully saturated rings. The van der Waals surface area contributed by atoms with Gasteiger partial charge in [-0.2, -0.15) is 0 Å². The number of nitrogens with one attached hydrogen (secondary N) is 2. The van der Waals surface area contributed by atoms with Crippen LogP contribution < -0.4 is 5.32 Å². The van der Waals surface area contributed by atoms with Crippen LogP contribution in [0.3, 0.4) is 0 Å². The van der Waals surface area contributed by atoms with Crippen LogP contribution >= 0.6 is 0 Å². The third-order valence-corrected chi connectivity index (χ3v) is 2.42. The summed E-state index contributed by atoms with van der Waals surface area (Å²) in [6.45, 7) is 4.14. The maximum atomic E-state index is 7.60. The predicted molar refractivity (Wildman–Crippen MR) is 48.2 cm³/mol. The normalized spacial score (nSPS) is 27.7. The molecule has 2 N–H and O–H groups in total. The molecule has 2 heteroatoms. The first-order valence-corrected chi connectivity index (χ1v) is 4.60. The fourth-order valence-electron chi connectivity index (χ4n) is 1.63. The number of rotatable bonds is 1. The molecule has 1 aliphatic rings. The van der Waals surface area contributed by atoms with E-state index in [1.165, 1.54) is 19.3 Å². The van der Waals surface area contributed by atoms with Crippen molar-refractivity contribution in [2.75, 3.05) is 13.1 Å². The van der Waals surface area contributed by atoms with Gasteiger partial charge in [0.05, 0.1) is 0 Å². The van der Waals surface area contributed by atoms with E-state index < -0.39 is 0 Å². The first kappa shape index (κ1) is 8.72. The fourth-order valence-corrected chi connectivity index (χ4v) is 1.63. The van der Waals surface area contributed by atoms with Crippen LogP contribution in [0.1, 0.15) is 32.6 Å². The van der Waals surface area contributed by atoms with Crippen LogP contribution in [0, 0.1) is 11.3 Å². The van der Waals surface area contributed by atoms with E-state index in [9.17, 15) is 0 Å². The molecule has 0 amide bonds. The average molecular weight is 154 g/mol. The van der Waals surface area contributed by atoms with Crippen molar-refractivity contribution >= 4 is 5.71 Å². The Bertz CT molecular complexity index is 132. The van der Waals surface area contributed by atoms with E-state index in [0.29, 0.717) is 0 Å². The van der Waals surface area contributed by atoms with Crippen molar-refractivity contribution in [1.29, 1.82) is 5.41 Å². The predicted octanol–water partition coefficient (Wildman–Crippen LogP) is 1.81. The minimum absolute atomic E-state index is 0.782. The second-order valence-electron chi connectivity index (χ2n) is 3.40. The van der Waals surface area contributed by atoms with Crippen molar-refractivity contribution in [3.05, 3.63) is 0 Å².